The van der Waals surface area contributed by atoms with E-state index in [-0.39, 0.29) is 5.91 Å². The number of esters is 1. The molecule has 2 heterocycles. The van der Waals surface area contributed by atoms with Crippen molar-refractivity contribution in [2.45, 2.75) is 13.8 Å². The van der Waals surface area contributed by atoms with Gasteiger partial charge >= 0.3 is 5.97 Å². The van der Waals surface area contributed by atoms with Gasteiger partial charge in [0.1, 0.15) is 15.5 Å². The summed E-state index contributed by atoms with van der Waals surface area (Å²) in [7, 11) is 1.85. The quantitative estimate of drug-likeness (QED) is 0.592. The molecule has 0 aliphatic heterocycles. The number of nitrogens with zero attached hydrogens (tertiary/aromatic N) is 2. The maximum absolute atomic E-state index is 12.3. The molecule has 1 aromatic carbocycles. The monoisotopic (exact) mass is 329 g/mol. The Morgan fingerprint density at radius 3 is 2.57 bits per heavy atom. The van der Waals surface area contributed by atoms with Crippen molar-refractivity contribution >= 4 is 39.1 Å². The van der Waals surface area contributed by atoms with E-state index < -0.39 is 5.97 Å². The average molecular weight is 329 g/mol. The van der Waals surface area contributed by atoms with Gasteiger partial charge < -0.3 is 10.1 Å². The van der Waals surface area contributed by atoms with Gasteiger partial charge in [0.2, 0.25) is 5.91 Å². The van der Waals surface area contributed by atoms with Gasteiger partial charge in [0.15, 0.2) is 0 Å². The lowest BCUT2D eigenvalue weighted by Gasteiger charge is -2.05. The van der Waals surface area contributed by atoms with Crippen LogP contribution in [0.25, 0.3) is 10.2 Å². The maximum Gasteiger partial charge on any atom is 0.353 e. The van der Waals surface area contributed by atoms with Crippen LogP contribution in [0.1, 0.15) is 22.3 Å². The Hall–Kier alpha value is -2.67. The van der Waals surface area contributed by atoms with Gasteiger partial charge in [0, 0.05) is 25.0 Å². The van der Waals surface area contributed by atoms with Crippen LogP contribution in [0.3, 0.4) is 0 Å². The van der Waals surface area contributed by atoms with E-state index in [0.29, 0.717) is 16.3 Å². The van der Waals surface area contributed by atoms with Crippen LogP contribution in [0.5, 0.6) is 5.75 Å². The Balaban J connectivity index is 1.77. The van der Waals surface area contributed by atoms with Crippen molar-refractivity contribution < 1.29 is 14.3 Å². The summed E-state index contributed by atoms with van der Waals surface area (Å²) in [6, 6.07) is 8.45. The van der Waals surface area contributed by atoms with Crippen molar-refractivity contribution in [3.8, 4) is 5.75 Å². The van der Waals surface area contributed by atoms with Crippen LogP contribution in [0.15, 0.2) is 30.3 Å². The van der Waals surface area contributed by atoms with Gasteiger partial charge in [0.25, 0.3) is 0 Å². The number of carbonyl (C=O) groups is 2. The van der Waals surface area contributed by atoms with E-state index in [4.69, 9.17) is 4.74 Å². The summed E-state index contributed by atoms with van der Waals surface area (Å²) in [6.45, 7) is 3.34. The lowest BCUT2D eigenvalue weighted by Crippen LogP contribution is -2.07. The number of nitrogens with one attached hydrogen (secondary N) is 1. The molecule has 0 saturated carbocycles. The van der Waals surface area contributed by atoms with Crippen molar-refractivity contribution in [3.05, 3.63) is 40.9 Å². The highest BCUT2D eigenvalue weighted by Gasteiger charge is 2.16. The molecule has 3 aromatic rings. The number of hydrogen-bond acceptors (Lipinski definition) is 5. The molecule has 2 aromatic heterocycles. The van der Waals surface area contributed by atoms with Gasteiger partial charge in [-0.3, -0.25) is 9.48 Å². The number of rotatable bonds is 3. The number of aromatic nitrogens is 2. The number of carbonyl (C=O) groups excluding carboxylic acids is 2. The topological polar surface area (TPSA) is 73.2 Å². The minimum Gasteiger partial charge on any atom is -0.422 e. The van der Waals surface area contributed by atoms with E-state index in [9.17, 15) is 9.59 Å². The molecule has 0 atom stereocenters. The first-order valence-electron chi connectivity index (χ1n) is 6.97. The van der Waals surface area contributed by atoms with Gasteiger partial charge in [0.05, 0.1) is 5.69 Å². The minimum atomic E-state index is -0.405. The van der Waals surface area contributed by atoms with E-state index in [2.05, 4.69) is 10.4 Å². The van der Waals surface area contributed by atoms with Crippen molar-refractivity contribution in [2.75, 3.05) is 5.32 Å². The zero-order chi connectivity index (χ0) is 16.6. The first kappa shape index (κ1) is 15.2. The average Bonchev–Trinajstić information content (AvgIpc) is 3.03. The molecule has 23 heavy (non-hydrogen) atoms. The molecule has 118 valence electrons. The van der Waals surface area contributed by atoms with Crippen LogP contribution in [-0.2, 0) is 11.8 Å². The second kappa shape index (κ2) is 5.85. The lowest BCUT2D eigenvalue weighted by atomic mass is 10.3. The fourth-order valence-electron chi connectivity index (χ4n) is 2.27. The molecule has 6 nitrogen and oxygen atoms in total. The molecule has 7 heteroatoms. The SMILES string of the molecule is CC(=O)Nc1ccc(OC(=O)c2cc3c(C)nn(C)c3s2)cc1. The van der Waals surface area contributed by atoms with Crippen LogP contribution in [0.4, 0.5) is 5.69 Å². The predicted molar refractivity (Wildman–Crippen MR) is 89.0 cm³/mol. The Kier molecular flexibility index (Phi) is 3.87. The highest BCUT2D eigenvalue weighted by molar-refractivity contribution is 7.20. The van der Waals surface area contributed by atoms with Crippen molar-refractivity contribution in [1.82, 2.24) is 9.78 Å². The summed E-state index contributed by atoms with van der Waals surface area (Å²) in [6.07, 6.45) is 0. The molecule has 0 aliphatic carbocycles. The lowest BCUT2D eigenvalue weighted by molar-refractivity contribution is -0.114. The van der Waals surface area contributed by atoms with Crippen molar-refractivity contribution in [3.63, 3.8) is 0 Å². The summed E-state index contributed by atoms with van der Waals surface area (Å²) < 4.78 is 7.13. The predicted octanol–water partition coefficient (Wildman–Crippen LogP) is 3.12. The minimum absolute atomic E-state index is 0.149. The molecule has 0 bridgehead atoms. The molecular weight excluding hydrogens is 314 g/mol. The standard InChI is InChI=1S/C16H15N3O3S/c1-9-13-8-14(23-15(13)19(3)18-9)16(21)22-12-6-4-11(5-7-12)17-10(2)20/h4-8H,1-3H3,(H,17,20). The molecule has 0 radical (unpaired) electrons. The maximum atomic E-state index is 12.3. The van der Waals surface area contributed by atoms with Crippen molar-refractivity contribution in [1.29, 1.82) is 0 Å². The summed E-state index contributed by atoms with van der Waals surface area (Å²) >= 11 is 1.35. The number of hydrogen-bond donors (Lipinski definition) is 1. The summed E-state index contributed by atoms with van der Waals surface area (Å²) in [5, 5.41) is 7.93. The van der Waals surface area contributed by atoms with E-state index in [0.717, 1.165) is 15.9 Å². The summed E-state index contributed by atoms with van der Waals surface area (Å²) in [5.41, 5.74) is 1.54. The third kappa shape index (κ3) is 3.09. The van der Waals surface area contributed by atoms with Gasteiger partial charge in [-0.25, -0.2) is 4.79 Å². The van der Waals surface area contributed by atoms with Crippen LogP contribution < -0.4 is 10.1 Å². The second-order valence-electron chi connectivity index (χ2n) is 5.13. The van der Waals surface area contributed by atoms with E-state index in [1.165, 1.54) is 18.3 Å². The smallest absolute Gasteiger partial charge is 0.353 e. The largest absolute Gasteiger partial charge is 0.422 e. The zero-order valence-corrected chi connectivity index (χ0v) is 13.7. The number of anilines is 1. The van der Waals surface area contributed by atoms with Crippen LogP contribution in [0.2, 0.25) is 0 Å². The first-order valence-corrected chi connectivity index (χ1v) is 7.78. The Bertz CT molecular complexity index is 859. The molecule has 0 unspecified atom stereocenters. The van der Waals surface area contributed by atoms with Gasteiger partial charge in [-0.05, 0) is 37.3 Å². The Morgan fingerprint density at radius 2 is 1.96 bits per heavy atom. The van der Waals surface area contributed by atoms with Crippen molar-refractivity contribution in [2.24, 2.45) is 7.05 Å². The third-order valence-electron chi connectivity index (χ3n) is 3.28. The number of ether oxygens (including phenoxy) is 1. The molecule has 3 rings (SSSR count). The number of thiophene rings is 1. The zero-order valence-electron chi connectivity index (χ0n) is 12.9. The molecule has 1 N–H and O–H groups in total. The van der Waals surface area contributed by atoms with Gasteiger partial charge in [-0.1, -0.05) is 0 Å². The van der Waals surface area contributed by atoms with Gasteiger partial charge in [-0.2, -0.15) is 5.10 Å². The van der Waals surface area contributed by atoms with E-state index >= 15 is 0 Å². The first-order chi connectivity index (χ1) is 10.9. The summed E-state index contributed by atoms with van der Waals surface area (Å²) in [4.78, 5) is 24.7. The van der Waals surface area contributed by atoms with Crippen LogP contribution in [0, 0.1) is 6.92 Å². The molecule has 0 fully saturated rings. The van der Waals surface area contributed by atoms with Gasteiger partial charge in [-0.15, -0.1) is 11.3 Å². The van der Waals surface area contributed by atoms with E-state index in [1.807, 2.05) is 14.0 Å². The van der Waals surface area contributed by atoms with Crippen LogP contribution in [-0.4, -0.2) is 21.7 Å². The fraction of sp³-hybridized carbons (Fsp3) is 0.188. The highest BCUT2D eigenvalue weighted by Crippen LogP contribution is 2.28. The molecule has 0 spiro atoms. The third-order valence-corrected chi connectivity index (χ3v) is 4.46. The summed E-state index contributed by atoms with van der Waals surface area (Å²) in [5.74, 6) is -0.127. The highest BCUT2D eigenvalue weighted by atomic mass is 32.1. The number of benzene rings is 1. The molecule has 1 amide bonds. The fourth-order valence-corrected chi connectivity index (χ4v) is 3.27. The number of fused-ring (bicyclic) bond motifs is 1. The molecular formula is C16H15N3O3S. The number of aryl methyl sites for hydroxylation is 2. The molecule has 0 aliphatic rings. The Morgan fingerprint density at radius 1 is 1.26 bits per heavy atom. The molecule has 0 saturated heterocycles. The van der Waals surface area contributed by atoms with E-state index in [1.54, 1.807) is 35.0 Å². The van der Waals surface area contributed by atoms with Crippen LogP contribution >= 0.6 is 11.3 Å². The second-order valence-corrected chi connectivity index (χ2v) is 6.16. The normalized spacial score (nSPS) is 10.7. The number of amides is 1. The Labute approximate surface area is 136 Å².